The van der Waals surface area contributed by atoms with Crippen LogP contribution < -0.4 is 0 Å². The van der Waals surface area contributed by atoms with E-state index in [0.717, 1.165) is 59.3 Å². The maximum absolute atomic E-state index is 12.6. The highest BCUT2D eigenvalue weighted by molar-refractivity contribution is 9.24. The van der Waals surface area contributed by atoms with Crippen molar-refractivity contribution in [2.24, 2.45) is 0 Å². The Hall–Kier alpha value is -4.36. The van der Waals surface area contributed by atoms with Crippen LogP contribution in [0.1, 0.15) is 59.4 Å². The van der Waals surface area contributed by atoms with E-state index in [1.807, 2.05) is 24.3 Å². The highest BCUT2D eigenvalue weighted by Gasteiger charge is 2.27. The quantitative estimate of drug-likeness (QED) is 0.164. The number of carbonyl (C=O) groups is 2. The second-order valence-corrected chi connectivity index (χ2v) is 19.3. The van der Waals surface area contributed by atoms with E-state index in [-0.39, 0.29) is 3.74 Å². The third kappa shape index (κ3) is 6.38. The molecule has 0 saturated heterocycles. The molecule has 4 heterocycles. The van der Waals surface area contributed by atoms with Gasteiger partial charge in [-0.3, -0.25) is 0 Å². The lowest BCUT2D eigenvalue weighted by Crippen LogP contribution is -2.13. The van der Waals surface area contributed by atoms with Crippen molar-refractivity contribution in [2.45, 2.75) is 66.1 Å². The third-order valence-corrected chi connectivity index (χ3v) is 15.0. The van der Waals surface area contributed by atoms with Gasteiger partial charge in [-0.1, -0.05) is 86.0 Å². The van der Waals surface area contributed by atoms with Crippen LogP contribution in [0.25, 0.3) is 63.1 Å². The Balaban J connectivity index is 0.000000172. The number of carbonyl (C=O) groups excluding carboxylic acids is 2. The molecule has 4 aromatic carbocycles. The zero-order valence-corrected chi connectivity index (χ0v) is 38.0. The molecule has 8 nitrogen and oxygen atoms in total. The topological polar surface area (TPSA) is 88.2 Å². The number of halogens is 2. The summed E-state index contributed by atoms with van der Waals surface area (Å²) in [4.78, 5) is 25.1. The Morgan fingerprint density at radius 2 is 0.893 bits per heavy atom. The monoisotopic (exact) mass is 912 g/mol. The van der Waals surface area contributed by atoms with Crippen molar-refractivity contribution in [3.63, 3.8) is 0 Å². The van der Waals surface area contributed by atoms with E-state index in [2.05, 4.69) is 129 Å². The lowest BCUT2D eigenvalue weighted by molar-refractivity contribution is 0.170. The van der Waals surface area contributed by atoms with Crippen LogP contribution in [0.3, 0.4) is 0 Å². The van der Waals surface area contributed by atoms with Gasteiger partial charge in [0.2, 0.25) is 0 Å². The van der Waals surface area contributed by atoms with Crippen LogP contribution in [-0.2, 0) is 9.47 Å². The maximum atomic E-state index is 12.6. The Morgan fingerprint density at radius 3 is 1.25 bits per heavy atom. The molecule has 0 spiro atoms. The van der Waals surface area contributed by atoms with Crippen LogP contribution in [-0.4, -0.2) is 46.0 Å². The molecule has 0 amide bonds. The van der Waals surface area contributed by atoms with Crippen molar-refractivity contribution >= 4 is 107 Å². The van der Waals surface area contributed by atoms with Gasteiger partial charge in [-0.05, 0) is 112 Å². The van der Waals surface area contributed by atoms with Crippen LogP contribution >= 0.6 is 54.5 Å². The molecule has 12 heteroatoms. The molecule has 0 radical (unpaired) electrons. The fourth-order valence-electron chi connectivity index (χ4n) is 7.34. The first-order valence-electron chi connectivity index (χ1n) is 18.1. The fraction of sp³-hybridized carbons (Fsp3) is 0.273. The number of rotatable bonds is 3. The van der Waals surface area contributed by atoms with Crippen LogP contribution in [0.4, 0.5) is 9.59 Å². The van der Waals surface area contributed by atoms with Crippen molar-refractivity contribution in [2.75, 3.05) is 14.2 Å². The SMILES string of the molecule is COC(=O)n1nc(-c2ccc(C(Br)Br)cc2)c2sc3c(C)c(C)c(C)c(C)c3c21.COC(=O)n1nc(-c2ccc(C)cc2)c2sc3c(C)c(C)c(C)c(C)c3c21. The molecular formula is C44H42Br2N4O4S2. The number of ether oxygens (including phenoxy) is 2. The number of methoxy groups -OCH3 is 2. The molecule has 4 aromatic heterocycles. The molecule has 56 heavy (non-hydrogen) atoms. The maximum Gasteiger partial charge on any atom is 0.435 e. The summed E-state index contributed by atoms with van der Waals surface area (Å²) in [7, 11) is 2.78. The summed E-state index contributed by atoms with van der Waals surface area (Å²) in [6.45, 7) is 19.2. The van der Waals surface area contributed by atoms with Gasteiger partial charge in [0.1, 0.15) is 22.4 Å². The van der Waals surface area contributed by atoms with Gasteiger partial charge in [0.05, 0.1) is 27.4 Å². The molecule has 0 bridgehead atoms. The minimum atomic E-state index is -0.478. The van der Waals surface area contributed by atoms with Gasteiger partial charge in [-0.25, -0.2) is 9.59 Å². The van der Waals surface area contributed by atoms with Crippen LogP contribution in [0.5, 0.6) is 0 Å². The largest absolute Gasteiger partial charge is 0.451 e. The number of benzene rings is 4. The minimum Gasteiger partial charge on any atom is -0.451 e. The van der Waals surface area contributed by atoms with Gasteiger partial charge in [0, 0.05) is 31.3 Å². The van der Waals surface area contributed by atoms with Crippen LogP contribution in [0.15, 0.2) is 48.5 Å². The zero-order chi connectivity index (χ0) is 40.5. The van der Waals surface area contributed by atoms with Crippen LogP contribution in [0.2, 0.25) is 0 Å². The summed E-state index contributed by atoms with van der Waals surface area (Å²) < 4.78 is 17.4. The van der Waals surface area contributed by atoms with Gasteiger partial charge in [-0.2, -0.15) is 19.6 Å². The molecule has 8 rings (SSSR count). The summed E-state index contributed by atoms with van der Waals surface area (Å²) in [6, 6.07) is 16.4. The van der Waals surface area contributed by atoms with Gasteiger partial charge in [0.15, 0.2) is 0 Å². The molecule has 0 N–H and O–H groups in total. The molecule has 0 aliphatic carbocycles. The van der Waals surface area contributed by atoms with E-state index >= 15 is 0 Å². The van der Waals surface area contributed by atoms with Crippen molar-refractivity contribution in [1.82, 2.24) is 19.6 Å². The second kappa shape index (κ2) is 15.2. The molecular weight excluding hydrogens is 872 g/mol. The number of fused-ring (bicyclic) bond motifs is 6. The fourth-order valence-corrected chi connectivity index (χ4v) is 10.8. The third-order valence-electron chi connectivity index (χ3n) is 11.3. The number of hydrogen-bond acceptors (Lipinski definition) is 8. The Kier molecular flexibility index (Phi) is 10.8. The number of thiophene rings is 2. The predicted molar refractivity (Wildman–Crippen MR) is 240 cm³/mol. The molecule has 0 unspecified atom stereocenters. The molecule has 0 aliphatic rings. The van der Waals surface area contributed by atoms with Crippen molar-refractivity contribution in [3.05, 3.63) is 104 Å². The highest BCUT2D eigenvalue weighted by atomic mass is 79.9. The molecule has 288 valence electrons. The number of alkyl halides is 2. The van der Waals surface area contributed by atoms with Gasteiger partial charge in [0.25, 0.3) is 0 Å². The number of aryl methyl sites for hydroxylation is 5. The summed E-state index contributed by atoms with van der Waals surface area (Å²) in [5.74, 6) is 0. The van der Waals surface area contributed by atoms with E-state index in [0.29, 0.717) is 0 Å². The first kappa shape index (κ1) is 39.9. The van der Waals surface area contributed by atoms with Gasteiger partial charge < -0.3 is 9.47 Å². The zero-order valence-electron chi connectivity index (χ0n) is 33.2. The molecule has 0 aliphatic heterocycles. The minimum absolute atomic E-state index is 0.0947. The average molecular weight is 915 g/mol. The normalized spacial score (nSPS) is 11.6. The molecule has 8 aromatic rings. The number of aromatic nitrogens is 4. The number of nitrogens with zero attached hydrogens (tertiary/aromatic N) is 4. The smallest absolute Gasteiger partial charge is 0.435 e. The first-order chi connectivity index (χ1) is 26.6. The summed E-state index contributed by atoms with van der Waals surface area (Å²) in [5, 5.41) is 11.5. The Morgan fingerprint density at radius 1 is 0.536 bits per heavy atom. The van der Waals surface area contributed by atoms with Crippen molar-refractivity contribution in [1.29, 1.82) is 0 Å². The summed E-state index contributed by atoms with van der Waals surface area (Å²) in [5.41, 5.74) is 17.6. The molecule has 0 atom stereocenters. The van der Waals surface area contributed by atoms with E-state index in [1.54, 1.807) is 22.7 Å². The summed E-state index contributed by atoms with van der Waals surface area (Å²) >= 11 is 10.5. The Bertz CT molecular complexity index is 2880. The van der Waals surface area contributed by atoms with E-state index < -0.39 is 12.2 Å². The molecule has 0 saturated carbocycles. The highest BCUT2D eigenvalue weighted by Crippen LogP contribution is 2.46. The predicted octanol–water partition coefficient (Wildman–Crippen LogP) is 13.6. The van der Waals surface area contributed by atoms with Crippen molar-refractivity contribution in [3.8, 4) is 22.5 Å². The van der Waals surface area contributed by atoms with Crippen LogP contribution in [0, 0.1) is 62.3 Å². The lowest BCUT2D eigenvalue weighted by atomic mass is 9.96. The number of hydrogen-bond donors (Lipinski definition) is 0. The van der Waals surface area contributed by atoms with Gasteiger partial charge in [-0.15, -0.1) is 22.7 Å². The first-order valence-corrected chi connectivity index (χ1v) is 21.5. The summed E-state index contributed by atoms with van der Waals surface area (Å²) in [6.07, 6.45) is -0.942. The molecule has 0 fully saturated rings. The standard InChI is InChI=1S/C22H20Br2N2O2S.C22H22N2O2S/c1-10-11(2)13(4)19-16(12(10)3)18-20(29-19)17(25-26(18)22(27)28-5)14-6-8-15(9-7-14)21(23)24;1-11-7-9-16(10-8-11)18-21-19(24(23-18)22(25)26-6)17-14(4)12(2)13(3)15(5)20(17)27-21/h6-9,21H,1-5H3;7-10H,1-6H3. The average Bonchev–Trinajstić information content (AvgIpc) is 3.97. The van der Waals surface area contributed by atoms with E-state index in [1.165, 1.54) is 83.1 Å². The lowest BCUT2D eigenvalue weighted by Gasteiger charge is -2.11. The van der Waals surface area contributed by atoms with E-state index in [9.17, 15) is 9.59 Å². The van der Waals surface area contributed by atoms with Gasteiger partial charge >= 0.3 is 12.2 Å². The second-order valence-electron chi connectivity index (χ2n) is 14.2. The Labute approximate surface area is 350 Å². The van der Waals surface area contributed by atoms with E-state index in [4.69, 9.17) is 9.47 Å². The van der Waals surface area contributed by atoms with Crippen molar-refractivity contribution < 1.29 is 19.1 Å².